The SMILES string of the molecule is C.C=CC(=O)NC1CCC(n2nc(-c3ccc(C(=O)Nc4ccccn4)cc3)c3c(N)ncnc32)CC1.C=CC(=O)NC1CCC(n2nc(-c3ccc(C(=O)Nc4nccs4)cc3)c3c(N)ncnc32)CC1.CC#CC(=O)NC1CCC(n2nc(-c3ccc(C(=O)Nc4ccccn4)cc3)c3c(N)ncnc32)CC1. The third kappa shape index (κ3) is 17.6. The Bertz CT molecular complexity index is 5330. The summed E-state index contributed by atoms with van der Waals surface area (Å²) in [6, 6.07) is 32.9. The molecule has 0 bridgehead atoms. The number of nitrogens with zero attached hydrogens (tertiary/aromatic N) is 15. The predicted octanol–water partition coefficient (Wildman–Crippen LogP) is 11.1. The Morgan fingerprint density at radius 3 is 1.10 bits per heavy atom. The van der Waals surface area contributed by atoms with Crippen molar-refractivity contribution in [2.75, 3.05) is 33.2 Å². The van der Waals surface area contributed by atoms with Crippen molar-refractivity contribution in [3.05, 3.63) is 194 Å². The van der Waals surface area contributed by atoms with Crippen molar-refractivity contribution >= 4 is 114 Å². The number of thiazole rings is 1. The van der Waals surface area contributed by atoms with Crippen LogP contribution in [0.1, 0.15) is 141 Å². The lowest BCUT2D eigenvalue weighted by molar-refractivity contribution is -0.118. The quantitative estimate of drug-likeness (QED) is 0.0302. The molecule has 3 aromatic carbocycles. The van der Waals surface area contributed by atoms with E-state index in [1.165, 1.54) is 42.5 Å². The molecular formula is C78H80N24O6S. The summed E-state index contributed by atoms with van der Waals surface area (Å²) in [7, 11) is 0. The maximum atomic E-state index is 12.6. The first-order chi connectivity index (χ1) is 52.6. The molecule has 0 radical (unpaired) electrons. The minimum absolute atomic E-state index is 0. The lowest BCUT2D eigenvalue weighted by Gasteiger charge is -2.29. The molecule has 12 N–H and O–H groups in total. The average molecular weight is 1480 g/mol. The number of carbonyl (C=O) groups excluding carboxylic acids is 6. The molecule has 15 rings (SSSR count). The Morgan fingerprint density at radius 2 is 0.789 bits per heavy atom. The van der Waals surface area contributed by atoms with Crippen LogP contribution in [-0.4, -0.2) is 128 Å². The summed E-state index contributed by atoms with van der Waals surface area (Å²) in [5.41, 5.74) is 26.7. The Kier molecular flexibility index (Phi) is 23.9. The van der Waals surface area contributed by atoms with Gasteiger partial charge < -0.3 is 43.8 Å². The summed E-state index contributed by atoms with van der Waals surface area (Å²) in [5.74, 6) is 5.92. The number of rotatable bonds is 17. The molecule has 0 aliphatic heterocycles. The fourth-order valence-electron chi connectivity index (χ4n) is 13.6. The van der Waals surface area contributed by atoms with Crippen molar-refractivity contribution < 1.29 is 28.8 Å². The Labute approximate surface area is 630 Å². The number of fused-ring (bicyclic) bond motifs is 3. The number of amides is 6. The number of carbonyl (C=O) groups is 6. The molecule has 0 atom stereocenters. The number of nitrogen functional groups attached to an aromatic ring is 3. The van der Waals surface area contributed by atoms with Gasteiger partial charge in [-0.1, -0.05) is 75.0 Å². The fraction of sp³-hybridized carbons (Fsp3) is 0.256. The van der Waals surface area contributed by atoms with E-state index in [1.807, 2.05) is 62.6 Å². The van der Waals surface area contributed by atoms with Gasteiger partial charge in [0.25, 0.3) is 23.6 Å². The minimum atomic E-state index is -0.253. The molecule has 109 heavy (non-hydrogen) atoms. The van der Waals surface area contributed by atoms with Gasteiger partial charge in [-0.2, -0.15) is 15.3 Å². The van der Waals surface area contributed by atoms with E-state index in [1.54, 1.807) is 91.6 Å². The molecule has 3 aliphatic carbocycles. The van der Waals surface area contributed by atoms with E-state index in [0.717, 1.165) is 93.7 Å². The number of hydrogen-bond donors (Lipinski definition) is 9. The zero-order valence-electron chi connectivity index (χ0n) is 58.8. The van der Waals surface area contributed by atoms with Crippen LogP contribution in [0.15, 0.2) is 177 Å². The zero-order valence-corrected chi connectivity index (χ0v) is 59.6. The van der Waals surface area contributed by atoms with Crippen LogP contribution in [0.3, 0.4) is 0 Å². The molecule has 30 nitrogen and oxygen atoms in total. The van der Waals surface area contributed by atoms with Gasteiger partial charge in [0.15, 0.2) is 22.1 Å². The lowest BCUT2D eigenvalue weighted by Crippen LogP contribution is -2.37. The van der Waals surface area contributed by atoms with Crippen molar-refractivity contribution in [3.8, 4) is 45.6 Å². The average Bonchev–Trinajstić information content (AvgIpc) is 1.63. The second-order valence-corrected chi connectivity index (χ2v) is 26.8. The van der Waals surface area contributed by atoms with Crippen molar-refractivity contribution in [2.24, 2.45) is 0 Å². The van der Waals surface area contributed by atoms with Crippen LogP contribution in [0, 0.1) is 11.8 Å². The number of hydrogen-bond acceptors (Lipinski definition) is 22. The molecule has 3 aliphatic rings. The number of benzene rings is 3. The predicted molar refractivity (Wildman–Crippen MR) is 419 cm³/mol. The van der Waals surface area contributed by atoms with E-state index in [9.17, 15) is 28.8 Å². The largest absolute Gasteiger partial charge is 0.383 e. The second kappa shape index (κ2) is 34.6. The Hall–Kier alpha value is -13.5. The summed E-state index contributed by atoms with van der Waals surface area (Å²) in [6.07, 6.45) is 21.8. The van der Waals surface area contributed by atoms with Crippen molar-refractivity contribution in [3.63, 3.8) is 0 Å². The molecule has 12 aromatic rings. The highest BCUT2D eigenvalue weighted by Gasteiger charge is 2.32. The van der Waals surface area contributed by atoms with E-state index in [2.05, 4.69) is 102 Å². The molecule has 6 amide bonds. The van der Waals surface area contributed by atoms with Gasteiger partial charge in [-0.3, -0.25) is 34.1 Å². The number of aromatic nitrogens is 15. The van der Waals surface area contributed by atoms with Crippen LogP contribution in [0.25, 0.3) is 66.9 Å². The highest BCUT2D eigenvalue weighted by Crippen LogP contribution is 2.40. The molecule has 0 unspecified atom stereocenters. The molecular weight excluding hydrogens is 1400 g/mol. The smallest absolute Gasteiger partial charge is 0.296 e. The van der Waals surface area contributed by atoms with Gasteiger partial charge in [-0.15, -0.1) is 11.3 Å². The molecule has 31 heteroatoms. The first kappa shape index (κ1) is 75.2. The van der Waals surface area contributed by atoms with E-state index in [4.69, 9.17) is 32.5 Å². The van der Waals surface area contributed by atoms with Crippen LogP contribution in [-0.2, 0) is 14.4 Å². The summed E-state index contributed by atoms with van der Waals surface area (Å²) in [5, 5.41) is 36.4. The van der Waals surface area contributed by atoms with Gasteiger partial charge in [0, 0.05) is 75.5 Å². The van der Waals surface area contributed by atoms with Crippen LogP contribution < -0.4 is 49.1 Å². The van der Waals surface area contributed by atoms with Crippen molar-refractivity contribution in [1.82, 2.24) is 90.1 Å². The van der Waals surface area contributed by atoms with Gasteiger partial charge in [-0.25, -0.2) is 58.9 Å². The fourth-order valence-corrected chi connectivity index (χ4v) is 14.2. The molecule has 554 valence electrons. The first-order valence-electron chi connectivity index (χ1n) is 35.1. The van der Waals surface area contributed by atoms with Gasteiger partial charge in [0.05, 0.1) is 34.3 Å². The molecule has 3 fully saturated rings. The topological polar surface area (TPSA) is 422 Å². The summed E-state index contributed by atoms with van der Waals surface area (Å²) >= 11 is 1.36. The minimum Gasteiger partial charge on any atom is -0.383 e. The van der Waals surface area contributed by atoms with E-state index >= 15 is 0 Å². The van der Waals surface area contributed by atoms with Crippen LogP contribution in [0.4, 0.5) is 34.2 Å². The van der Waals surface area contributed by atoms with Gasteiger partial charge in [-0.05, 0) is 163 Å². The molecule has 0 saturated heterocycles. The number of nitrogens with one attached hydrogen (secondary N) is 6. The van der Waals surface area contributed by atoms with Crippen LogP contribution >= 0.6 is 11.3 Å². The number of anilines is 6. The third-order valence-corrected chi connectivity index (χ3v) is 19.7. The van der Waals surface area contributed by atoms with E-state index in [-0.39, 0.29) is 79.1 Å². The molecule has 9 heterocycles. The monoisotopic (exact) mass is 1480 g/mol. The summed E-state index contributed by atoms with van der Waals surface area (Å²) in [6.45, 7) is 8.68. The van der Waals surface area contributed by atoms with Crippen molar-refractivity contribution in [2.45, 2.75) is 128 Å². The zero-order chi connectivity index (χ0) is 75.2. The van der Waals surface area contributed by atoms with E-state index in [0.29, 0.717) is 101 Å². The summed E-state index contributed by atoms with van der Waals surface area (Å²) in [4.78, 5) is 111. The highest BCUT2D eigenvalue weighted by atomic mass is 32.1. The molecule has 3 saturated carbocycles. The maximum absolute atomic E-state index is 12.6. The Morgan fingerprint density at radius 1 is 0.440 bits per heavy atom. The number of pyridine rings is 2. The normalized spacial score (nSPS) is 17.2. The van der Waals surface area contributed by atoms with Crippen LogP contribution in [0.5, 0.6) is 0 Å². The lowest BCUT2D eigenvalue weighted by atomic mass is 9.91. The van der Waals surface area contributed by atoms with E-state index < -0.39 is 0 Å². The van der Waals surface area contributed by atoms with Crippen LogP contribution in [0.2, 0.25) is 0 Å². The number of nitrogens with two attached hydrogens (primary N) is 3. The maximum Gasteiger partial charge on any atom is 0.296 e. The van der Waals surface area contributed by atoms with Gasteiger partial charge in [0.1, 0.15) is 65.2 Å². The standard InChI is InChI=1S/C27H26N8O2.C26H26N8O2.C24H24N8O2S.CH4/c1-2-5-22(36)32-19-11-13-20(14-12-19)35-26-23(25(28)30-16-31-26)24(34-35)17-7-9-18(10-8-17)27(37)33-21-6-3-4-15-29-21;1-2-21(35)31-18-10-12-19(13-11-18)34-25-22(24(27)29-15-30-25)23(33-34)16-6-8-17(9-7-16)26(36)32-20-5-3-4-14-28-20;1-2-18(33)29-16-7-9-17(10-8-16)32-22-19(21(25)27-13-28-22)20(31-32)14-3-5-15(6-4-14)23(34)30-24-26-11-12-35-24;/h3-4,6-10,15-16,19-20H,11-14H2,1H3,(H,32,36)(H2,28,30,31)(H,29,33,37);2-9,14-15,18-19H,1,10-13H2,(H,31,35)(H2,27,29,30)(H,28,32,36);2-6,11-13,16-17H,1,7-10H2,(H,29,33)(H2,25,27,28)(H,26,30,34);1H4. The molecule has 9 aromatic heterocycles. The van der Waals surface area contributed by atoms with Crippen molar-refractivity contribution in [1.29, 1.82) is 0 Å². The first-order valence-corrected chi connectivity index (χ1v) is 36.0. The Balaban J connectivity index is 0.000000152. The molecule has 0 spiro atoms. The summed E-state index contributed by atoms with van der Waals surface area (Å²) < 4.78 is 5.78. The van der Waals surface area contributed by atoms with Gasteiger partial charge in [0.2, 0.25) is 11.8 Å². The van der Waals surface area contributed by atoms with Gasteiger partial charge >= 0.3 is 0 Å². The highest BCUT2D eigenvalue weighted by molar-refractivity contribution is 7.13. The second-order valence-electron chi connectivity index (χ2n) is 25.9. The third-order valence-electron chi connectivity index (χ3n) is 19.0.